The third-order valence-electron chi connectivity index (χ3n) is 2.83. The molecule has 0 radical (unpaired) electrons. The zero-order chi connectivity index (χ0) is 16.2. The van der Waals surface area contributed by atoms with Gasteiger partial charge in [0.1, 0.15) is 11.0 Å². The zero-order valence-corrected chi connectivity index (χ0v) is 13.6. The number of carbonyl (C=O) groups excluding carboxylic acids is 1. The molecule has 1 atom stereocenters. The van der Waals surface area contributed by atoms with Crippen LogP contribution >= 0.6 is 12.2 Å². The molecule has 0 aromatic heterocycles. The molecule has 0 aliphatic rings. The van der Waals surface area contributed by atoms with E-state index in [1.165, 1.54) is 25.3 Å². The van der Waals surface area contributed by atoms with Gasteiger partial charge >= 0.3 is 5.97 Å². The molecule has 21 heavy (non-hydrogen) atoms. The number of thiocarbonyl (C=S) groups is 1. The fourth-order valence-electron chi connectivity index (χ4n) is 1.64. The predicted octanol–water partition coefficient (Wildman–Crippen LogP) is 0.797. The maximum Gasteiger partial charge on any atom is 0.324 e. The van der Waals surface area contributed by atoms with Gasteiger partial charge in [-0.3, -0.25) is 4.79 Å². The summed E-state index contributed by atoms with van der Waals surface area (Å²) in [4.78, 5) is 11.7. The van der Waals surface area contributed by atoms with E-state index in [0.29, 0.717) is 5.56 Å². The van der Waals surface area contributed by atoms with Crippen LogP contribution in [-0.4, -0.2) is 32.5 Å². The van der Waals surface area contributed by atoms with Gasteiger partial charge in [-0.15, -0.1) is 0 Å². The van der Waals surface area contributed by atoms with Gasteiger partial charge in [0, 0.05) is 5.56 Å². The van der Waals surface area contributed by atoms with E-state index in [0.717, 1.165) is 0 Å². The van der Waals surface area contributed by atoms with Crippen LogP contribution in [0, 0.1) is 5.92 Å². The Morgan fingerprint density at radius 3 is 2.48 bits per heavy atom. The molecule has 0 amide bonds. The van der Waals surface area contributed by atoms with E-state index in [4.69, 9.17) is 18.0 Å². The van der Waals surface area contributed by atoms with E-state index in [2.05, 4.69) is 9.46 Å². The summed E-state index contributed by atoms with van der Waals surface area (Å²) in [5.41, 5.74) is 5.92. The summed E-state index contributed by atoms with van der Waals surface area (Å²) < 4.78 is 31.6. The van der Waals surface area contributed by atoms with E-state index in [1.807, 2.05) is 0 Å². The second-order valence-electron chi connectivity index (χ2n) is 4.76. The van der Waals surface area contributed by atoms with E-state index in [-0.39, 0.29) is 15.8 Å². The average molecular weight is 330 g/mol. The molecule has 0 heterocycles. The number of benzene rings is 1. The Balaban J connectivity index is 3.13. The van der Waals surface area contributed by atoms with Gasteiger partial charge in [-0.1, -0.05) is 38.2 Å². The minimum Gasteiger partial charge on any atom is -0.468 e. The fourth-order valence-corrected chi connectivity index (χ4v) is 3.14. The summed E-state index contributed by atoms with van der Waals surface area (Å²) in [6.07, 6.45) is 0. The van der Waals surface area contributed by atoms with Crippen molar-refractivity contribution >= 4 is 33.2 Å². The lowest BCUT2D eigenvalue weighted by molar-refractivity contribution is -0.143. The van der Waals surface area contributed by atoms with Crippen LogP contribution in [-0.2, 0) is 19.6 Å². The molecule has 1 unspecified atom stereocenters. The number of carbonyl (C=O) groups is 1. The zero-order valence-electron chi connectivity index (χ0n) is 12.0. The van der Waals surface area contributed by atoms with Gasteiger partial charge in [-0.05, 0) is 18.1 Å². The molecule has 0 aliphatic heterocycles. The van der Waals surface area contributed by atoms with Crippen LogP contribution in [0.5, 0.6) is 0 Å². The molecule has 8 heteroatoms. The van der Waals surface area contributed by atoms with Crippen LogP contribution in [0.4, 0.5) is 0 Å². The number of rotatable bonds is 6. The number of esters is 1. The van der Waals surface area contributed by atoms with Crippen molar-refractivity contribution in [1.29, 1.82) is 0 Å². The highest BCUT2D eigenvalue weighted by Gasteiger charge is 2.29. The highest BCUT2D eigenvalue weighted by molar-refractivity contribution is 7.89. The highest BCUT2D eigenvalue weighted by atomic mass is 32.2. The van der Waals surface area contributed by atoms with Crippen molar-refractivity contribution in [2.45, 2.75) is 24.8 Å². The molecule has 6 nitrogen and oxygen atoms in total. The van der Waals surface area contributed by atoms with Crippen molar-refractivity contribution in [3.63, 3.8) is 0 Å². The second-order valence-corrected chi connectivity index (χ2v) is 6.91. The van der Waals surface area contributed by atoms with Crippen molar-refractivity contribution in [3.05, 3.63) is 29.8 Å². The Morgan fingerprint density at radius 2 is 2.00 bits per heavy atom. The Morgan fingerprint density at radius 1 is 1.38 bits per heavy atom. The van der Waals surface area contributed by atoms with E-state index in [9.17, 15) is 13.2 Å². The normalized spacial score (nSPS) is 13.0. The molecular formula is C13H18N2O4S2. The molecular weight excluding hydrogens is 312 g/mol. The van der Waals surface area contributed by atoms with Gasteiger partial charge < -0.3 is 10.5 Å². The second kappa shape index (κ2) is 6.97. The Kier molecular flexibility index (Phi) is 5.82. The number of sulfonamides is 1. The van der Waals surface area contributed by atoms with Gasteiger partial charge in [-0.25, -0.2) is 8.42 Å². The maximum atomic E-state index is 12.3. The number of hydrogen-bond donors (Lipinski definition) is 2. The Labute approximate surface area is 129 Å². The van der Waals surface area contributed by atoms with Crippen LogP contribution < -0.4 is 10.5 Å². The van der Waals surface area contributed by atoms with E-state index < -0.39 is 22.0 Å². The molecule has 0 spiro atoms. The molecule has 0 saturated heterocycles. The maximum absolute atomic E-state index is 12.3. The minimum atomic E-state index is -3.88. The van der Waals surface area contributed by atoms with Crippen molar-refractivity contribution in [3.8, 4) is 0 Å². The number of methoxy groups -OCH3 is 1. The summed E-state index contributed by atoms with van der Waals surface area (Å²) in [7, 11) is -2.67. The highest BCUT2D eigenvalue weighted by Crippen LogP contribution is 2.14. The lowest BCUT2D eigenvalue weighted by Crippen LogP contribution is -2.44. The van der Waals surface area contributed by atoms with Crippen LogP contribution in [0.1, 0.15) is 19.4 Å². The van der Waals surface area contributed by atoms with Crippen LogP contribution in [0.3, 0.4) is 0 Å². The summed E-state index contributed by atoms with van der Waals surface area (Å²) in [5.74, 6) is -0.898. The number of nitrogens with two attached hydrogens (primary N) is 1. The molecule has 1 aromatic rings. The Hall–Kier alpha value is -1.51. The molecule has 0 fully saturated rings. The first-order valence-corrected chi connectivity index (χ1v) is 8.08. The third kappa shape index (κ3) is 4.48. The standard InChI is InChI=1S/C13H18N2O4S2/c1-8(2)11(13(16)19-3)15-21(17,18)10-6-4-5-9(7-10)12(14)20/h4-8,11,15H,1-3H3,(H2,14,20). The average Bonchev–Trinajstić information content (AvgIpc) is 2.43. The van der Waals surface area contributed by atoms with Crippen LogP contribution in [0.25, 0.3) is 0 Å². The van der Waals surface area contributed by atoms with Crippen LogP contribution in [0.15, 0.2) is 29.2 Å². The lowest BCUT2D eigenvalue weighted by Gasteiger charge is -2.19. The summed E-state index contributed by atoms with van der Waals surface area (Å²) in [6.45, 7) is 3.44. The predicted molar refractivity (Wildman–Crippen MR) is 83.3 cm³/mol. The lowest BCUT2D eigenvalue weighted by atomic mass is 10.1. The first-order chi connectivity index (χ1) is 9.69. The fraction of sp³-hybridized carbons (Fsp3) is 0.385. The SMILES string of the molecule is COC(=O)C(NS(=O)(=O)c1cccc(C(N)=S)c1)C(C)C. The summed E-state index contributed by atoms with van der Waals surface area (Å²) in [5, 5.41) is 0. The Bertz CT molecular complexity index is 641. The summed E-state index contributed by atoms with van der Waals surface area (Å²) >= 11 is 4.82. The van der Waals surface area contributed by atoms with E-state index in [1.54, 1.807) is 19.9 Å². The summed E-state index contributed by atoms with van der Waals surface area (Å²) in [6, 6.07) is 4.94. The molecule has 116 valence electrons. The first kappa shape index (κ1) is 17.5. The van der Waals surface area contributed by atoms with Crippen molar-refractivity contribution in [2.24, 2.45) is 11.7 Å². The third-order valence-corrected chi connectivity index (χ3v) is 4.51. The minimum absolute atomic E-state index is 0.0117. The topological polar surface area (TPSA) is 98.5 Å². The number of ether oxygens (including phenoxy) is 1. The molecule has 1 aromatic carbocycles. The molecule has 0 bridgehead atoms. The van der Waals surface area contributed by atoms with Crippen molar-refractivity contribution in [2.75, 3.05) is 7.11 Å². The molecule has 3 N–H and O–H groups in total. The smallest absolute Gasteiger partial charge is 0.324 e. The van der Waals surface area contributed by atoms with Crippen molar-refractivity contribution < 1.29 is 17.9 Å². The van der Waals surface area contributed by atoms with E-state index >= 15 is 0 Å². The largest absolute Gasteiger partial charge is 0.468 e. The van der Waals surface area contributed by atoms with Gasteiger partial charge in [0.15, 0.2) is 0 Å². The number of hydrogen-bond acceptors (Lipinski definition) is 5. The van der Waals surface area contributed by atoms with Gasteiger partial charge in [0.05, 0.1) is 12.0 Å². The van der Waals surface area contributed by atoms with Gasteiger partial charge in [-0.2, -0.15) is 4.72 Å². The molecule has 0 saturated carbocycles. The first-order valence-electron chi connectivity index (χ1n) is 6.19. The molecule has 1 rings (SSSR count). The van der Waals surface area contributed by atoms with Crippen molar-refractivity contribution in [1.82, 2.24) is 4.72 Å². The van der Waals surface area contributed by atoms with Gasteiger partial charge in [0.25, 0.3) is 0 Å². The van der Waals surface area contributed by atoms with Gasteiger partial charge in [0.2, 0.25) is 10.0 Å². The monoisotopic (exact) mass is 330 g/mol. The number of nitrogens with one attached hydrogen (secondary N) is 1. The molecule has 0 aliphatic carbocycles. The van der Waals surface area contributed by atoms with Crippen LogP contribution in [0.2, 0.25) is 0 Å². The quantitative estimate of drug-likeness (QED) is 0.591.